The third-order valence-electron chi connectivity index (χ3n) is 3.25. The Balaban J connectivity index is 2.01. The van der Waals surface area contributed by atoms with E-state index in [-0.39, 0.29) is 5.56 Å². The number of carboxylic acid groups (broad SMARTS) is 1. The lowest BCUT2D eigenvalue weighted by Crippen LogP contribution is -2.01. The van der Waals surface area contributed by atoms with Crippen molar-refractivity contribution in [3.8, 4) is 0 Å². The molecule has 100 valence electrons. The minimum Gasteiger partial charge on any atom is -0.478 e. The number of fused-ring (bicyclic) bond motifs is 1. The van der Waals surface area contributed by atoms with E-state index in [1.807, 2.05) is 30.3 Å². The van der Waals surface area contributed by atoms with Gasteiger partial charge in [0.15, 0.2) is 0 Å². The molecule has 3 rings (SSSR count). The average molecular weight is 267 g/mol. The second-order valence-electron chi connectivity index (χ2n) is 4.62. The molecule has 1 N–H and O–H groups in total. The highest BCUT2D eigenvalue weighted by atomic mass is 16.4. The largest absolute Gasteiger partial charge is 0.478 e. The number of nitrogens with zero attached hydrogens (tertiary/aromatic N) is 3. The summed E-state index contributed by atoms with van der Waals surface area (Å²) in [4.78, 5) is 15.3. The SMILES string of the molecule is Cc1nn(Cc2ccnc3ccccc23)cc1C(=O)O. The normalized spacial score (nSPS) is 10.8. The van der Waals surface area contributed by atoms with E-state index in [4.69, 9.17) is 5.11 Å². The molecule has 0 bridgehead atoms. The number of para-hydroxylation sites is 1. The summed E-state index contributed by atoms with van der Waals surface area (Å²) in [6.45, 7) is 2.22. The summed E-state index contributed by atoms with van der Waals surface area (Å²) in [5, 5.41) is 14.4. The van der Waals surface area contributed by atoms with Crippen molar-refractivity contribution in [1.82, 2.24) is 14.8 Å². The number of rotatable bonds is 3. The third-order valence-corrected chi connectivity index (χ3v) is 3.25. The maximum atomic E-state index is 11.0. The lowest BCUT2D eigenvalue weighted by molar-refractivity contribution is 0.0696. The predicted molar refractivity (Wildman–Crippen MR) is 74.8 cm³/mol. The zero-order chi connectivity index (χ0) is 14.1. The highest BCUT2D eigenvalue weighted by Gasteiger charge is 2.12. The summed E-state index contributed by atoms with van der Waals surface area (Å²) >= 11 is 0. The molecule has 0 saturated carbocycles. The van der Waals surface area contributed by atoms with Crippen LogP contribution in [0.2, 0.25) is 0 Å². The first kappa shape index (κ1) is 12.3. The first-order valence-corrected chi connectivity index (χ1v) is 6.25. The molecule has 5 nitrogen and oxygen atoms in total. The fourth-order valence-electron chi connectivity index (χ4n) is 2.28. The molecule has 0 amide bonds. The number of benzene rings is 1. The Morgan fingerprint density at radius 3 is 2.85 bits per heavy atom. The number of hydrogen-bond donors (Lipinski definition) is 1. The third kappa shape index (κ3) is 2.14. The Labute approximate surface area is 115 Å². The summed E-state index contributed by atoms with van der Waals surface area (Å²) in [6.07, 6.45) is 3.32. The Morgan fingerprint density at radius 2 is 2.10 bits per heavy atom. The standard InChI is InChI=1S/C15H13N3O2/c1-10-13(15(19)20)9-18(17-10)8-11-6-7-16-14-5-3-2-4-12(11)14/h2-7,9H,8H2,1H3,(H,19,20). The molecular weight excluding hydrogens is 254 g/mol. The van der Waals surface area contributed by atoms with Gasteiger partial charge in [-0.05, 0) is 24.6 Å². The van der Waals surface area contributed by atoms with Gasteiger partial charge in [0.05, 0.1) is 17.8 Å². The van der Waals surface area contributed by atoms with E-state index in [0.29, 0.717) is 12.2 Å². The van der Waals surface area contributed by atoms with Gasteiger partial charge >= 0.3 is 5.97 Å². The number of pyridine rings is 1. The molecule has 3 aromatic rings. The van der Waals surface area contributed by atoms with Crippen molar-refractivity contribution in [2.24, 2.45) is 0 Å². The molecular formula is C15H13N3O2. The van der Waals surface area contributed by atoms with Gasteiger partial charge in [0.25, 0.3) is 0 Å². The zero-order valence-corrected chi connectivity index (χ0v) is 10.9. The molecule has 20 heavy (non-hydrogen) atoms. The van der Waals surface area contributed by atoms with E-state index in [2.05, 4.69) is 10.1 Å². The molecule has 0 atom stereocenters. The minimum absolute atomic E-state index is 0.239. The molecule has 0 aliphatic rings. The van der Waals surface area contributed by atoms with Gasteiger partial charge in [0, 0.05) is 17.8 Å². The van der Waals surface area contributed by atoms with Crippen LogP contribution in [0, 0.1) is 6.92 Å². The Hall–Kier alpha value is -2.69. The molecule has 1 aromatic carbocycles. The molecule has 0 saturated heterocycles. The number of hydrogen-bond acceptors (Lipinski definition) is 3. The van der Waals surface area contributed by atoms with Crippen molar-refractivity contribution >= 4 is 16.9 Å². The lowest BCUT2D eigenvalue weighted by atomic mass is 10.1. The average Bonchev–Trinajstić information content (AvgIpc) is 2.80. The molecule has 0 fully saturated rings. The molecule has 0 radical (unpaired) electrons. The van der Waals surface area contributed by atoms with Gasteiger partial charge in [-0.3, -0.25) is 9.67 Å². The molecule has 0 aliphatic heterocycles. The number of carboxylic acids is 1. The van der Waals surface area contributed by atoms with Crippen molar-refractivity contribution < 1.29 is 9.90 Å². The first-order chi connectivity index (χ1) is 9.65. The smallest absolute Gasteiger partial charge is 0.339 e. The summed E-state index contributed by atoms with van der Waals surface area (Å²) < 4.78 is 1.65. The monoisotopic (exact) mass is 267 g/mol. The van der Waals surface area contributed by atoms with Gasteiger partial charge in [0.1, 0.15) is 5.56 Å². The van der Waals surface area contributed by atoms with Crippen LogP contribution in [-0.2, 0) is 6.54 Å². The van der Waals surface area contributed by atoms with Crippen molar-refractivity contribution in [3.05, 3.63) is 59.5 Å². The van der Waals surface area contributed by atoms with Crippen LogP contribution < -0.4 is 0 Å². The predicted octanol–water partition coefficient (Wildman–Crippen LogP) is 2.49. The van der Waals surface area contributed by atoms with Crippen molar-refractivity contribution in [2.75, 3.05) is 0 Å². The van der Waals surface area contributed by atoms with Crippen LogP contribution >= 0.6 is 0 Å². The Morgan fingerprint density at radius 1 is 1.30 bits per heavy atom. The van der Waals surface area contributed by atoms with Crippen LogP contribution in [0.3, 0.4) is 0 Å². The van der Waals surface area contributed by atoms with Gasteiger partial charge in [-0.2, -0.15) is 5.10 Å². The van der Waals surface area contributed by atoms with Gasteiger partial charge in [-0.25, -0.2) is 4.79 Å². The summed E-state index contributed by atoms with van der Waals surface area (Å²) in [6, 6.07) is 9.80. The lowest BCUT2D eigenvalue weighted by Gasteiger charge is -2.05. The second-order valence-corrected chi connectivity index (χ2v) is 4.62. The second kappa shape index (κ2) is 4.77. The van der Waals surface area contributed by atoms with Gasteiger partial charge in [0.2, 0.25) is 0 Å². The van der Waals surface area contributed by atoms with Crippen LogP contribution in [0.4, 0.5) is 0 Å². The maximum absolute atomic E-state index is 11.0. The van der Waals surface area contributed by atoms with E-state index in [1.165, 1.54) is 0 Å². The number of carbonyl (C=O) groups is 1. The zero-order valence-electron chi connectivity index (χ0n) is 10.9. The molecule has 0 unspecified atom stereocenters. The van der Waals surface area contributed by atoms with Gasteiger partial charge in [-0.1, -0.05) is 18.2 Å². The topological polar surface area (TPSA) is 68.0 Å². The summed E-state index contributed by atoms with van der Waals surface area (Å²) in [7, 11) is 0. The number of aromatic carboxylic acids is 1. The molecule has 0 aliphatic carbocycles. The maximum Gasteiger partial charge on any atom is 0.339 e. The minimum atomic E-state index is -0.951. The van der Waals surface area contributed by atoms with Crippen molar-refractivity contribution in [2.45, 2.75) is 13.5 Å². The van der Waals surface area contributed by atoms with E-state index < -0.39 is 5.97 Å². The molecule has 2 heterocycles. The summed E-state index contributed by atoms with van der Waals surface area (Å²) in [5.74, 6) is -0.951. The van der Waals surface area contributed by atoms with Crippen molar-refractivity contribution in [1.29, 1.82) is 0 Å². The number of aryl methyl sites for hydroxylation is 1. The van der Waals surface area contributed by atoms with Crippen LogP contribution in [-0.4, -0.2) is 25.8 Å². The van der Waals surface area contributed by atoms with E-state index in [1.54, 1.807) is 24.0 Å². The van der Waals surface area contributed by atoms with Crippen LogP contribution in [0.5, 0.6) is 0 Å². The highest BCUT2D eigenvalue weighted by molar-refractivity contribution is 5.88. The van der Waals surface area contributed by atoms with E-state index >= 15 is 0 Å². The highest BCUT2D eigenvalue weighted by Crippen LogP contribution is 2.17. The van der Waals surface area contributed by atoms with E-state index in [0.717, 1.165) is 16.5 Å². The fourth-order valence-corrected chi connectivity index (χ4v) is 2.28. The molecule has 0 spiro atoms. The molecule has 2 aromatic heterocycles. The fraction of sp³-hybridized carbons (Fsp3) is 0.133. The quantitative estimate of drug-likeness (QED) is 0.791. The first-order valence-electron chi connectivity index (χ1n) is 6.25. The Kier molecular flexibility index (Phi) is 2.95. The Bertz CT molecular complexity index is 787. The number of aromatic nitrogens is 3. The van der Waals surface area contributed by atoms with Crippen LogP contribution in [0.15, 0.2) is 42.7 Å². The van der Waals surface area contributed by atoms with Crippen molar-refractivity contribution in [3.63, 3.8) is 0 Å². The van der Waals surface area contributed by atoms with Gasteiger partial charge in [-0.15, -0.1) is 0 Å². The summed E-state index contributed by atoms with van der Waals surface area (Å²) in [5.41, 5.74) is 2.75. The van der Waals surface area contributed by atoms with Gasteiger partial charge < -0.3 is 5.11 Å². The van der Waals surface area contributed by atoms with Crippen LogP contribution in [0.25, 0.3) is 10.9 Å². The van der Waals surface area contributed by atoms with E-state index in [9.17, 15) is 4.79 Å². The molecule has 5 heteroatoms. The van der Waals surface area contributed by atoms with Crippen LogP contribution in [0.1, 0.15) is 21.6 Å².